The summed E-state index contributed by atoms with van der Waals surface area (Å²) in [4.78, 5) is 17.6. The molecule has 1 aromatic heterocycles. The van der Waals surface area contributed by atoms with E-state index in [9.17, 15) is 4.79 Å². The summed E-state index contributed by atoms with van der Waals surface area (Å²) in [6, 6.07) is 13.3. The molecule has 1 aliphatic rings. The van der Waals surface area contributed by atoms with E-state index in [1.807, 2.05) is 49.4 Å². The molecule has 0 aliphatic carbocycles. The van der Waals surface area contributed by atoms with Crippen LogP contribution in [-0.2, 0) is 14.3 Å². The van der Waals surface area contributed by atoms with Crippen LogP contribution in [0.5, 0.6) is 5.75 Å². The summed E-state index contributed by atoms with van der Waals surface area (Å²) < 4.78 is 16.8. The molecule has 2 aromatic carbocycles. The summed E-state index contributed by atoms with van der Waals surface area (Å²) in [5, 5.41) is 6.10. The number of anilines is 1. The fourth-order valence-electron chi connectivity index (χ4n) is 2.70. The van der Waals surface area contributed by atoms with Crippen LogP contribution in [0.15, 0.2) is 59.6 Å². The molecule has 0 N–H and O–H groups in total. The highest BCUT2D eigenvalue weighted by molar-refractivity contribution is 7.22. The zero-order valence-electron chi connectivity index (χ0n) is 16.0. The zero-order valence-corrected chi connectivity index (χ0v) is 16.8. The standard InChI is InChI=1S/C21H19N3O4S/c1-14-3-8-17-19(11-14)29-21(23-17)24(20(25)18-13-27-9-10-28-18)22-12-15-4-6-16(26-2)7-5-15/h3-8,11-13H,9-10H2,1-2H3/b22-12+. The zero-order chi connectivity index (χ0) is 20.2. The number of hydrogen-bond donors (Lipinski definition) is 0. The molecule has 4 rings (SSSR count). The van der Waals surface area contributed by atoms with Crippen LogP contribution in [0.3, 0.4) is 0 Å². The molecule has 0 radical (unpaired) electrons. The minimum Gasteiger partial charge on any atom is -0.497 e. The second kappa shape index (κ2) is 8.32. The van der Waals surface area contributed by atoms with Gasteiger partial charge < -0.3 is 14.2 Å². The van der Waals surface area contributed by atoms with Crippen molar-refractivity contribution in [2.75, 3.05) is 25.3 Å². The van der Waals surface area contributed by atoms with E-state index in [1.165, 1.54) is 22.6 Å². The van der Waals surface area contributed by atoms with Crippen molar-refractivity contribution in [2.24, 2.45) is 5.10 Å². The van der Waals surface area contributed by atoms with Gasteiger partial charge in [0.2, 0.25) is 10.9 Å². The number of benzene rings is 2. The number of carbonyl (C=O) groups excluding carboxylic acids is 1. The van der Waals surface area contributed by atoms with Crippen molar-refractivity contribution in [3.63, 3.8) is 0 Å². The van der Waals surface area contributed by atoms with Crippen molar-refractivity contribution < 1.29 is 19.0 Å². The van der Waals surface area contributed by atoms with Crippen LogP contribution >= 0.6 is 11.3 Å². The molecular weight excluding hydrogens is 390 g/mol. The number of ether oxygens (including phenoxy) is 3. The van der Waals surface area contributed by atoms with Gasteiger partial charge in [-0.05, 0) is 54.4 Å². The largest absolute Gasteiger partial charge is 0.497 e. The van der Waals surface area contributed by atoms with Crippen LogP contribution in [0, 0.1) is 6.92 Å². The van der Waals surface area contributed by atoms with E-state index in [1.54, 1.807) is 13.3 Å². The normalized spacial score (nSPS) is 13.7. The summed E-state index contributed by atoms with van der Waals surface area (Å²) in [6.45, 7) is 2.74. The summed E-state index contributed by atoms with van der Waals surface area (Å²) in [5.41, 5.74) is 2.75. The minimum absolute atomic E-state index is 0.0959. The number of amides is 1. The van der Waals surface area contributed by atoms with Crippen molar-refractivity contribution in [1.82, 2.24) is 4.98 Å². The molecule has 148 valence electrons. The molecule has 0 saturated carbocycles. The molecule has 7 nitrogen and oxygen atoms in total. The average Bonchev–Trinajstić information content (AvgIpc) is 3.17. The van der Waals surface area contributed by atoms with Gasteiger partial charge in [-0.25, -0.2) is 4.98 Å². The number of rotatable bonds is 5. The Labute approximate surface area is 171 Å². The van der Waals surface area contributed by atoms with E-state index in [0.29, 0.717) is 18.3 Å². The van der Waals surface area contributed by atoms with Crippen molar-refractivity contribution in [3.05, 3.63) is 65.6 Å². The summed E-state index contributed by atoms with van der Waals surface area (Å²) >= 11 is 1.39. The molecule has 2 heterocycles. The summed E-state index contributed by atoms with van der Waals surface area (Å²) in [7, 11) is 1.61. The number of thiazole rings is 1. The fourth-order valence-corrected chi connectivity index (χ4v) is 3.72. The molecular formula is C21H19N3O4S. The number of hydrazone groups is 1. The molecule has 1 amide bonds. The number of aryl methyl sites for hydroxylation is 1. The highest BCUT2D eigenvalue weighted by Gasteiger charge is 2.26. The molecule has 0 fully saturated rings. The first kappa shape index (κ1) is 18.9. The van der Waals surface area contributed by atoms with Gasteiger partial charge in [0.05, 0.1) is 23.5 Å². The van der Waals surface area contributed by atoms with Crippen LogP contribution in [0.4, 0.5) is 5.13 Å². The smallest absolute Gasteiger partial charge is 0.319 e. The molecule has 8 heteroatoms. The third kappa shape index (κ3) is 4.22. The second-order valence-corrected chi connectivity index (χ2v) is 7.31. The molecule has 0 bridgehead atoms. The SMILES string of the molecule is COc1ccc(/C=N/N(C(=O)C2=COCCO2)c2nc3ccc(C)cc3s2)cc1. The van der Waals surface area contributed by atoms with Gasteiger partial charge in [-0.1, -0.05) is 17.4 Å². The molecule has 3 aromatic rings. The maximum Gasteiger partial charge on any atom is 0.319 e. The van der Waals surface area contributed by atoms with E-state index in [-0.39, 0.29) is 5.76 Å². The van der Waals surface area contributed by atoms with Crippen molar-refractivity contribution in [2.45, 2.75) is 6.92 Å². The highest BCUT2D eigenvalue weighted by atomic mass is 32.1. The average molecular weight is 409 g/mol. The Hall–Kier alpha value is -3.39. The molecule has 29 heavy (non-hydrogen) atoms. The van der Waals surface area contributed by atoms with Gasteiger partial charge in [0.25, 0.3) is 0 Å². The van der Waals surface area contributed by atoms with Gasteiger partial charge in [-0.3, -0.25) is 4.79 Å². The Morgan fingerprint density at radius 2 is 2.07 bits per heavy atom. The Kier molecular flexibility index (Phi) is 5.44. The van der Waals surface area contributed by atoms with Gasteiger partial charge in [0, 0.05) is 0 Å². The summed E-state index contributed by atoms with van der Waals surface area (Å²) in [5.74, 6) is 0.401. The predicted octanol–water partition coefficient (Wildman–Crippen LogP) is 3.87. The lowest BCUT2D eigenvalue weighted by Gasteiger charge is -2.19. The third-order valence-corrected chi connectivity index (χ3v) is 5.20. The first-order valence-electron chi connectivity index (χ1n) is 8.98. The monoisotopic (exact) mass is 409 g/mol. The van der Waals surface area contributed by atoms with E-state index in [2.05, 4.69) is 10.1 Å². The van der Waals surface area contributed by atoms with E-state index in [0.717, 1.165) is 27.1 Å². The van der Waals surface area contributed by atoms with Gasteiger partial charge in [0.1, 0.15) is 25.2 Å². The summed E-state index contributed by atoms with van der Waals surface area (Å²) in [6.07, 6.45) is 2.91. The van der Waals surface area contributed by atoms with Crippen LogP contribution < -0.4 is 9.75 Å². The first-order chi connectivity index (χ1) is 14.1. The highest BCUT2D eigenvalue weighted by Crippen LogP contribution is 2.31. The van der Waals surface area contributed by atoms with E-state index >= 15 is 0 Å². The molecule has 0 atom stereocenters. The fraction of sp³-hybridized carbons (Fsp3) is 0.190. The first-order valence-corrected chi connectivity index (χ1v) is 9.80. The number of nitrogens with zero attached hydrogens (tertiary/aromatic N) is 3. The van der Waals surface area contributed by atoms with Gasteiger partial charge in [-0.2, -0.15) is 10.1 Å². The second-order valence-electron chi connectivity index (χ2n) is 6.30. The molecule has 0 unspecified atom stereocenters. The van der Waals surface area contributed by atoms with Gasteiger partial charge in [0.15, 0.2) is 0 Å². The Morgan fingerprint density at radius 1 is 1.24 bits per heavy atom. The topological polar surface area (TPSA) is 73.2 Å². The molecule has 0 saturated heterocycles. The van der Waals surface area contributed by atoms with Crippen molar-refractivity contribution in [3.8, 4) is 5.75 Å². The van der Waals surface area contributed by atoms with Crippen LogP contribution in [0.25, 0.3) is 10.2 Å². The number of methoxy groups -OCH3 is 1. The van der Waals surface area contributed by atoms with Crippen LogP contribution in [-0.4, -0.2) is 37.4 Å². The quantitative estimate of drug-likeness (QED) is 0.472. The number of hydrogen-bond acceptors (Lipinski definition) is 7. The number of carbonyl (C=O) groups is 1. The molecule has 0 spiro atoms. The van der Waals surface area contributed by atoms with Gasteiger partial charge >= 0.3 is 5.91 Å². The lowest BCUT2D eigenvalue weighted by molar-refractivity contribution is -0.119. The maximum absolute atomic E-state index is 13.0. The lowest BCUT2D eigenvalue weighted by atomic mass is 10.2. The maximum atomic E-state index is 13.0. The minimum atomic E-state index is -0.440. The number of aromatic nitrogens is 1. The Balaban J connectivity index is 1.70. The van der Waals surface area contributed by atoms with Crippen LogP contribution in [0.2, 0.25) is 0 Å². The predicted molar refractivity (Wildman–Crippen MR) is 112 cm³/mol. The van der Waals surface area contributed by atoms with Crippen molar-refractivity contribution in [1.29, 1.82) is 0 Å². The Morgan fingerprint density at radius 3 is 2.79 bits per heavy atom. The third-order valence-electron chi connectivity index (χ3n) is 4.20. The Bertz CT molecular complexity index is 1090. The van der Waals surface area contributed by atoms with Gasteiger partial charge in [-0.15, -0.1) is 0 Å². The number of fused-ring (bicyclic) bond motifs is 1. The van der Waals surface area contributed by atoms with Crippen LogP contribution in [0.1, 0.15) is 11.1 Å². The van der Waals surface area contributed by atoms with E-state index in [4.69, 9.17) is 14.2 Å². The molecule has 1 aliphatic heterocycles. The van der Waals surface area contributed by atoms with Crippen molar-refractivity contribution >= 4 is 38.8 Å². The van der Waals surface area contributed by atoms with E-state index < -0.39 is 5.91 Å². The lowest BCUT2D eigenvalue weighted by Crippen LogP contribution is -2.30.